The Bertz CT molecular complexity index is 261. The van der Waals surface area contributed by atoms with E-state index in [0.717, 1.165) is 10.8 Å². The zero-order valence-corrected chi connectivity index (χ0v) is 11.0. The van der Waals surface area contributed by atoms with Crippen molar-refractivity contribution in [3.63, 3.8) is 0 Å². The van der Waals surface area contributed by atoms with E-state index < -0.39 is 19.3 Å². The van der Waals surface area contributed by atoms with E-state index in [1.807, 2.05) is 0 Å². The number of hydrogen-bond donors (Lipinski definition) is 1. The Morgan fingerprint density at radius 1 is 1.21 bits per heavy atom. The monoisotopic (exact) mass is 297 g/mol. The van der Waals surface area contributed by atoms with Gasteiger partial charge in [0, 0.05) is 33.1 Å². The van der Waals surface area contributed by atoms with Gasteiger partial charge in [-0.1, -0.05) is 10.8 Å². The lowest BCUT2D eigenvalue weighted by Crippen LogP contribution is -1.95. The fourth-order valence-electron chi connectivity index (χ4n) is 0.461. The number of hydrogen-bond acceptors (Lipinski definition) is 7. The third-order valence-electron chi connectivity index (χ3n) is 0.867. The van der Waals surface area contributed by atoms with Gasteiger partial charge in [-0.05, 0) is 10.8 Å². The molecule has 86 valence electrons. The second kappa shape index (κ2) is 8.25. The molecule has 0 rings (SSSR count). The first-order valence-electron chi connectivity index (χ1n) is 3.34. The molecule has 0 radical (unpaired) electrons. The van der Waals surface area contributed by atoms with Crippen molar-refractivity contribution in [2.45, 2.75) is 0 Å². The molecule has 0 spiro atoms. The molecule has 0 bridgehead atoms. The predicted octanol–water partition coefficient (Wildman–Crippen LogP) is 0.783. The summed E-state index contributed by atoms with van der Waals surface area (Å²) in [6.45, 7) is 0. The molecule has 0 aliphatic heterocycles. The third-order valence-corrected chi connectivity index (χ3v) is 6.07. The molecule has 0 aliphatic carbocycles. The highest BCUT2D eigenvalue weighted by atomic mass is 33.2. The Morgan fingerprint density at radius 3 is 2.29 bits per heavy atom. The second-order valence-electron chi connectivity index (χ2n) is 1.89. The molecule has 5 nitrogen and oxygen atoms in total. The molecule has 0 aromatic carbocycles. The van der Waals surface area contributed by atoms with Crippen LogP contribution in [0, 0.1) is 0 Å². The molecule has 0 fully saturated rings. The fraction of sp³-hybridized carbons (Fsp3) is 1.00. The summed E-state index contributed by atoms with van der Waals surface area (Å²) in [5.74, 6) is 1.99. The minimum absolute atomic E-state index is 0.300. The minimum Gasteiger partial charge on any atom is -0.764 e. The maximum Gasteiger partial charge on any atom is 0.319 e. The summed E-state index contributed by atoms with van der Waals surface area (Å²) >= 11 is 1.45. The summed E-state index contributed by atoms with van der Waals surface area (Å²) < 4.78 is 48.9. The SMILES string of the molecule is O=S([O-])SCCSCCSS(=O)(=O)O. The van der Waals surface area contributed by atoms with Crippen molar-refractivity contribution in [3.8, 4) is 0 Å². The normalized spacial score (nSPS) is 14.1. The average Bonchev–Trinajstić information content (AvgIpc) is 2.00. The van der Waals surface area contributed by atoms with Gasteiger partial charge in [0.25, 0.3) is 0 Å². The quantitative estimate of drug-likeness (QED) is 0.304. The Kier molecular flexibility index (Phi) is 8.88. The van der Waals surface area contributed by atoms with Crippen molar-refractivity contribution >= 4 is 52.6 Å². The maximum atomic E-state index is 10.2. The molecule has 0 amide bonds. The molecule has 0 aliphatic rings. The van der Waals surface area contributed by atoms with E-state index in [9.17, 15) is 17.2 Å². The fourth-order valence-corrected chi connectivity index (χ4v) is 4.76. The lowest BCUT2D eigenvalue weighted by molar-refractivity contribution is 0.503. The Labute approximate surface area is 97.0 Å². The van der Waals surface area contributed by atoms with Gasteiger partial charge in [-0.25, -0.2) is 0 Å². The molecule has 0 aromatic rings. The molecule has 10 heteroatoms. The van der Waals surface area contributed by atoms with E-state index in [4.69, 9.17) is 4.55 Å². The van der Waals surface area contributed by atoms with Gasteiger partial charge in [-0.2, -0.15) is 20.2 Å². The Hall–Kier alpha value is 1.07. The summed E-state index contributed by atoms with van der Waals surface area (Å²) in [7, 11) is -4.71. The standard InChI is InChI=1S/C4H10O5S5/c5-13(6)11-3-1-10-2-4-12-14(7,8)9/h1-4H2,(H,5,6)(H,7,8,9)/p-1. The third kappa shape index (κ3) is 13.1. The topological polar surface area (TPSA) is 94.5 Å². The lowest BCUT2D eigenvalue weighted by Gasteiger charge is -2.02. The zero-order valence-electron chi connectivity index (χ0n) is 6.95. The Morgan fingerprint density at radius 2 is 1.79 bits per heavy atom. The molecule has 1 atom stereocenters. The van der Waals surface area contributed by atoms with Crippen molar-refractivity contribution in [3.05, 3.63) is 0 Å². The largest absolute Gasteiger partial charge is 0.764 e. The van der Waals surface area contributed by atoms with Crippen LogP contribution in [0.25, 0.3) is 0 Å². The van der Waals surface area contributed by atoms with E-state index in [2.05, 4.69) is 0 Å². The summed E-state index contributed by atoms with van der Waals surface area (Å²) in [4.78, 5) is 0. The molecule has 1 unspecified atom stereocenters. The van der Waals surface area contributed by atoms with Crippen molar-refractivity contribution in [2.24, 2.45) is 0 Å². The second-order valence-corrected chi connectivity index (χ2v) is 9.16. The van der Waals surface area contributed by atoms with Gasteiger partial charge in [-0.3, -0.25) is 8.76 Å². The van der Waals surface area contributed by atoms with Crippen LogP contribution in [0.1, 0.15) is 0 Å². The van der Waals surface area contributed by atoms with E-state index >= 15 is 0 Å². The summed E-state index contributed by atoms with van der Waals surface area (Å²) in [6.07, 6.45) is 0. The highest BCUT2D eigenvalue weighted by molar-refractivity contribution is 8.70. The van der Waals surface area contributed by atoms with Crippen LogP contribution < -0.4 is 0 Å². The first-order chi connectivity index (χ1) is 6.42. The molecule has 0 heterocycles. The van der Waals surface area contributed by atoms with Crippen molar-refractivity contribution in [1.82, 2.24) is 0 Å². The van der Waals surface area contributed by atoms with E-state index in [1.54, 1.807) is 0 Å². The van der Waals surface area contributed by atoms with Gasteiger partial charge in [0.1, 0.15) is 0 Å². The summed E-state index contributed by atoms with van der Waals surface area (Å²) in [5, 5.41) is 0. The molecular weight excluding hydrogens is 288 g/mol. The Balaban J connectivity index is 3.19. The van der Waals surface area contributed by atoms with Gasteiger partial charge in [-0.15, -0.1) is 0 Å². The van der Waals surface area contributed by atoms with Crippen LogP contribution >= 0.6 is 33.3 Å². The van der Waals surface area contributed by atoms with Crippen molar-refractivity contribution in [1.29, 1.82) is 0 Å². The van der Waals surface area contributed by atoms with Crippen LogP contribution in [0.3, 0.4) is 0 Å². The summed E-state index contributed by atoms with van der Waals surface area (Å²) in [6, 6.07) is 0. The van der Waals surface area contributed by atoms with Crippen LogP contribution in [0.2, 0.25) is 0 Å². The predicted molar refractivity (Wildman–Crippen MR) is 62.7 cm³/mol. The van der Waals surface area contributed by atoms with Crippen molar-refractivity contribution < 1.29 is 21.7 Å². The van der Waals surface area contributed by atoms with Gasteiger partial charge < -0.3 is 4.55 Å². The molecular formula is C4H9O5S5-. The first-order valence-corrected chi connectivity index (χ1v) is 10.0. The van der Waals surface area contributed by atoms with Crippen LogP contribution in [-0.2, 0) is 19.3 Å². The van der Waals surface area contributed by atoms with Crippen LogP contribution in [0.5, 0.6) is 0 Å². The molecule has 1 N–H and O–H groups in total. The van der Waals surface area contributed by atoms with E-state index in [0.29, 0.717) is 33.8 Å². The number of thioether (sulfide) groups is 1. The molecule has 0 saturated carbocycles. The lowest BCUT2D eigenvalue weighted by atomic mass is 10.9. The van der Waals surface area contributed by atoms with Gasteiger partial charge in [0.2, 0.25) is 0 Å². The number of rotatable bonds is 8. The van der Waals surface area contributed by atoms with E-state index in [1.165, 1.54) is 11.8 Å². The van der Waals surface area contributed by atoms with Crippen LogP contribution in [-0.4, -0.2) is 44.7 Å². The van der Waals surface area contributed by atoms with Crippen LogP contribution in [0.4, 0.5) is 0 Å². The highest BCUT2D eigenvalue weighted by Gasteiger charge is 2.03. The van der Waals surface area contributed by atoms with Gasteiger partial charge >= 0.3 is 9.15 Å². The molecule has 0 aromatic heterocycles. The van der Waals surface area contributed by atoms with E-state index in [-0.39, 0.29) is 0 Å². The molecule has 14 heavy (non-hydrogen) atoms. The smallest absolute Gasteiger partial charge is 0.319 e. The zero-order chi connectivity index (χ0) is 11.0. The minimum atomic E-state index is -3.93. The van der Waals surface area contributed by atoms with Gasteiger partial charge in [0.05, 0.1) is 0 Å². The maximum absolute atomic E-state index is 10.2. The van der Waals surface area contributed by atoms with Crippen LogP contribution in [0.15, 0.2) is 0 Å². The summed E-state index contributed by atoms with van der Waals surface area (Å²) in [5.41, 5.74) is 0. The first kappa shape index (κ1) is 15.1. The average molecular weight is 297 g/mol. The van der Waals surface area contributed by atoms with Crippen molar-refractivity contribution in [2.75, 3.05) is 23.0 Å². The molecule has 0 saturated heterocycles. The van der Waals surface area contributed by atoms with Gasteiger partial charge in [0.15, 0.2) is 0 Å². The highest BCUT2D eigenvalue weighted by Crippen LogP contribution is 2.14.